The number of ether oxygens (including phenoxy) is 1. The fourth-order valence-corrected chi connectivity index (χ4v) is 4.02. The largest absolute Gasteiger partial charge is 0.412 e. The predicted octanol–water partition coefficient (Wildman–Crippen LogP) is 4.31. The molecule has 2 heterocycles. The Labute approximate surface area is 190 Å². The number of imidazole rings is 1. The molecule has 3 aromatic carbocycles. The fraction of sp³-hybridized carbons (Fsp3) is 0.0435. The number of hydrogen-bond acceptors (Lipinski definition) is 5. The van der Waals surface area contributed by atoms with Crippen LogP contribution >= 0.6 is 11.6 Å². The molecule has 0 saturated heterocycles. The van der Waals surface area contributed by atoms with Crippen molar-refractivity contribution in [3.8, 4) is 17.1 Å². The standard InChI is InChI=1S/C23H15ClFN5O3/c24-16-9-12(10-19-20(16)28-23(27-19)33-22(26)32)15-7-11(5-6-17(15)25)8-18-13-3-1-2-4-14(13)21(31)30-29-18/h1-7,9-10H,8H2,(H2,26,32)(H,27,28)(H,30,31). The van der Waals surface area contributed by atoms with Crippen molar-refractivity contribution in [3.63, 3.8) is 0 Å². The van der Waals surface area contributed by atoms with Gasteiger partial charge in [-0.25, -0.2) is 14.3 Å². The van der Waals surface area contributed by atoms with E-state index in [2.05, 4.69) is 20.2 Å². The van der Waals surface area contributed by atoms with Gasteiger partial charge in [0.1, 0.15) is 11.3 Å². The van der Waals surface area contributed by atoms with Crippen LogP contribution in [0.2, 0.25) is 5.02 Å². The molecule has 0 aliphatic heterocycles. The molecule has 1 amide bonds. The Morgan fingerprint density at radius 3 is 2.70 bits per heavy atom. The number of nitrogens with zero attached hydrogens (tertiary/aromatic N) is 2. The molecule has 0 bridgehead atoms. The Morgan fingerprint density at radius 2 is 1.91 bits per heavy atom. The lowest BCUT2D eigenvalue weighted by Gasteiger charge is -2.09. The normalized spacial score (nSPS) is 11.2. The molecule has 164 valence electrons. The number of primary amides is 1. The summed E-state index contributed by atoms with van der Waals surface area (Å²) < 4.78 is 19.6. The summed E-state index contributed by atoms with van der Waals surface area (Å²) in [5.74, 6) is -0.443. The zero-order valence-corrected chi connectivity index (χ0v) is 17.6. The Bertz CT molecular complexity index is 1610. The minimum atomic E-state index is -1.02. The number of carbonyl (C=O) groups excluding carboxylic acids is 1. The second kappa shape index (κ2) is 8.03. The first kappa shape index (κ1) is 20.7. The van der Waals surface area contributed by atoms with Gasteiger partial charge in [-0.3, -0.25) is 4.79 Å². The second-order valence-electron chi connectivity index (χ2n) is 7.35. The molecule has 33 heavy (non-hydrogen) atoms. The summed E-state index contributed by atoms with van der Waals surface area (Å²) in [7, 11) is 0. The summed E-state index contributed by atoms with van der Waals surface area (Å²) in [6.07, 6.45) is -0.645. The highest BCUT2D eigenvalue weighted by atomic mass is 35.5. The van der Waals surface area contributed by atoms with Crippen molar-refractivity contribution < 1.29 is 13.9 Å². The van der Waals surface area contributed by atoms with Crippen LogP contribution in [0.4, 0.5) is 9.18 Å². The molecular formula is C23H15ClFN5O3. The van der Waals surface area contributed by atoms with Crippen LogP contribution in [0.3, 0.4) is 0 Å². The molecule has 8 nitrogen and oxygen atoms in total. The first-order chi connectivity index (χ1) is 15.9. The number of hydrogen-bond donors (Lipinski definition) is 3. The van der Waals surface area contributed by atoms with Gasteiger partial charge in [-0.15, -0.1) is 0 Å². The van der Waals surface area contributed by atoms with Gasteiger partial charge in [0.25, 0.3) is 5.56 Å². The van der Waals surface area contributed by atoms with E-state index in [9.17, 15) is 14.0 Å². The maximum absolute atomic E-state index is 14.8. The lowest BCUT2D eigenvalue weighted by atomic mass is 9.98. The van der Waals surface area contributed by atoms with Crippen LogP contribution in [-0.4, -0.2) is 26.3 Å². The van der Waals surface area contributed by atoms with Crippen molar-refractivity contribution in [3.05, 3.63) is 87.0 Å². The average molecular weight is 464 g/mol. The first-order valence-electron chi connectivity index (χ1n) is 9.80. The number of nitrogens with one attached hydrogen (secondary N) is 2. The Hall–Kier alpha value is -4.24. The van der Waals surface area contributed by atoms with E-state index in [1.807, 2.05) is 12.1 Å². The van der Waals surface area contributed by atoms with Crippen molar-refractivity contribution >= 4 is 39.5 Å². The highest BCUT2D eigenvalue weighted by Gasteiger charge is 2.15. The molecule has 0 unspecified atom stereocenters. The molecule has 0 radical (unpaired) electrons. The van der Waals surface area contributed by atoms with E-state index in [1.165, 1.54) is 6.07 Å². The molecule has 4 N–H and O–H groups in total. The molecule has 2 aromatic heterocycles. The van der Waals surface area contributed by atoms with Gasteiger partial charge < -0.3 is 15.5 Å². The number of amides is 1. The lowest BCUT2D eigenvalue weighted by molar-refractivity contribution is 0.207. The van der Waals surface area contributed by atoms with E-state index in [-0.39, 0.29) is 16.6 Å². The minimum Gasteiger partial charge on any atom is -0.376 e. The van der Waals surface area contributed by atoms with E-state index in [0.29, 0.717) is 39.7 Å². The van der Waals surface area contributed by atoms with E-state index in [1.54, 1.807) is 36.4 Å². The van der Waals surface area contributed by atoms with Gasteiger partial charge >= 0.3 is 12.1 Å². The van der Waals surface area contributed by atoms with Crippen LogP contribution in [0.15, 0.2) is 59.4 Å². The molecule has 0 saturated carbocycles. The third-order valence-electron chi connectivity index (χ3n) is 5.20. The molecule has 5 aromatic rings. The Morgan fingerprint density at radius 1 is 1.12 bits per heavy atom. The second-order valence-corrected chi connectivity index (χ2v) is 7.76. The Balaban J connectivity index is 1.56. The quantitative estimate of drug-likeness (QED) is 0.366. The summed E-state index contributed by atoms with van der Waals surface area (Å²) in [6, 6.07) is 15.0. The maximum atomic E-state index is 14.8. The molecule has 10 heteroatoms. The van der Waals surface area contributed by atoms with Gasteiger partial charge in [0.2, 0.25) is 0 Å². The summed E-state index contributed by atoms with van der Waals surface area (Å²) in [5.41, 5.74) is 7.83. The van der Waals surface area contributed by atoms with Crippen LogP contribution in [0.25, 0.3) is 32.9 Å². The highest BCUT2D eigenvalue weighted by molar-refractivity contribution is 6.35. The van der Waals surface area contributed by atoms with Gasteiger partial charge in [0, 0.05) is 17.4 Å². The number of benzene rings is 3. The lowest BCUT2D eigenvalue weighted by Crippen LogP contribution is -2.16. The van der Waals surface area contributed by atoms with E-state index in [4.69, 9.17) is 22.1 Å². The topological polar surface area (TPSA) is 127 Å². The minimum absolute atomic E-state index is 0.109. The predicted molar refractivity (Wildman–Crippen MR) is 122 cm³/mol. The maximum Gasteiger partial charge on any atom is 0.412 e. The zero-order valence-electron chi connectivity index (χ0n) is 16.9. The van der Waals surface area contributed by atoms with Crippen molar-refractivity contribution in [2.45, 2.75) is 6.42 Å². The number of fused-ring (bicyclic) bond motifs is 2. The van der Waals surface area contributed by atoms with Crippen molar-refractivity contribution in [2.24, 2.45) is 5.73 Å². The van der Waals surface area contributed by atoms with Crippen molar-refractivity contribution in [2.75, 3.05) is 0 Å². The molecular weight excluding hydrogens is 449 g/mol. The van der Waals surface area contributed by atoms with Crippen LogP contribution in [0.1, 0.15) is 11.3 Å². The van der Waals surface area contributed by atoms with Crippen LogP contribution in [0.5, 0.6) is 6.01 Å². The number of halogens is 2. The number of aromatic nitrogens is 4. The number of H-pyrrole nitrogens is 2. The van der Waals surface area contributed by atoms with Gasteiger partial charge in [0.05, 0.1) is 21.6 Å². The molecule has 0 fully saturated rings. The molecule has 0 atom stereocenters. The van der Waals surface area contributed by atoms with E-state index >= 15 is 0 Å². The van der Waals surface area contributed by atoms with E-state index < -0.39 is 11.9 Å². The van der Waals surface area contributed by atoms with Crippen molar-refractivity contribution in [1.29, 1.82) is 0 Å². The molecule has 0 aliphatic rings. The zero-order chi connectivity index (χ0) is 23.1. The monoisotopic (exact) mass is 463 g/mol. The molecule has 0 aliphatic carbocycles. The third kappa shape index (κ3) is 3.90. The summed E-state index contributed by atoms with van der Waals surface area (Å²) in [4.78, 5) is 29.9. The van der Waals surface area contributed by atoms with Gasteiger partial charge in [-0.2, -0.15) is 10.1 Å². The first-order valence-corrected chi connectivity index (χ1v) is 10.2. The van der Waals surface area contributed by atoms with Crippen LogP contribution < -0.4 is 16.0 Å². The molecule has 0 spiro atoms. The number of aromatic amines is 2. The van der Waals surface area contributed by atoms with E-state index in [0.717, 1.165) is 10.9 Å². The summed E-state index contributed by atoms with van der Waals surface area (Å²) in [5, 5.41) is 8.22. The van der Waals surface area contributed by atoms with Crippen molar-refractivity contribution in [1.82, 2.24) is 20.2 Å². The summed E-state index contributed by atoms with van der Waals surface area (Å²) in [6.45, 7) is 0. The molecule has 5 rings (SSSR count). The number of carbonyl (C=O) groups is 1. The number of nitrogens with two attached hydrogens (primary N) is 1. The number of rotatable bonds is 4. The third-order valence-corrected chi connectivity index (χ3v) is 5.49. The average Bonchev–Trinajstić information content (AvgIpc) is 3.19. The smallest absolute Gasteiger partial charge is 0.376 e. The van der Waals surface area contributed by atoms with Crippen LogP contribution in [0, 0.1) is 5.82 Å². The van der Waals surface area contributed by atoms with Gasteiger partial charge in [0.15, 0.2) is 0 Å². The Kier molecular flexibility index (Phi) is 5.02. The SMILES string of the molecule is NC(=O)Oc1nc2c(Cl)cc(-c3cc(Cc4n[nH]c(=O)c5ccccc45)ccc3F)cc2[nH]1. The van der Waals surface area contributed by atoms with Gasteiger partial charge in [-0.05, 0) is 41.5 Å². The fourth-order valence-electron chi connectivity index (χ4n) is 3.75. The highest BCUT2D eigenvalue weighted by Crippen LogP contribution is 2.33. The van der Waals surface area contributed by atoms with Gasteiger partial charge in [-0.1, -0.05) is 35.9 Å². The van der Waals surface area contributed by atoms with Crippen LogP contribution in [-0.2, 0) is 6.42 Å². The summed E-state index contributed by atoms with van der Waals surface area (Å²) >= 11 is 6.34.